The van der Waals surface area contributed by atoms with Gasteiger partial charge >= 0.3 is 12.0 Å². The highest BCUT2D eigenvalue weighted by Gasteiger charge is 2.17. The molecule has 1 heterocycles. The summed E-state index contributed by atoms with van der Waals surface area (Å²) in [7, 11) is 0. The van der Waals surface area contributed by atoms with Gasteiger partial charge in [0.25, 0.3) is 0 Å². The Morgan fingerprint density at radius 2 is 2.00 bits per heavy atom. The second-order valence-corrected chi connectivity index (χ2v) is 7.20. The number of amides is 3. The number of aromatic nitrogens is 1. The third-order valence-electron chi connectivity index (χ3n) is 4.64. The van der Waals surface area contributed by atoms with Crippen LogP contribution in [0.4, 0.5) is 4.79 Å². The van der Waals surface area contributed by atoms with Crippen LogP contribution in [0.1, 0.15) is 42.1 Å². The Labute approximate surface area is 183 Å². The largest absolute Gasteiger partial charge is 0.478 e. The van der Waals surface area contributed by atoms with Crippen molar-refractivity contribution in [1.82, 2.24) is 15.7 Å². The van der Waals surface area contributed by atoms with E-state index in [9.17, 15) is 19.5 Å². The SMILES string of the molecule is CCCCC(=O)NC(=O)NN=Cc1c(-c2ccc3[nH]ccc3c2)ccc(C(=O)O)c1Cl. The number of rotatable bonds is 7. The van der Waals surface area contributed by atoms with E-state index in [0.717, 1.165) is 22.9 Å². The van der Waals surface area contributed by atoms with Crippen molar-refractivity contribution >= 4 is 46.6 Å². The molecule has 0 atom stereocenters. The molecule has 0 saturated carbocycles. The number of fused-ring (bicyclic) bond motifs is 1. The molecule has 3 rings (SSSR count). The van der Waals surface area contributed by atoms with Crippen molar-refractivity contribution in [1.29, 1.82) is 0 Å². The zero-order valence-corrected chi connectivity index (χ0v) is 17.5. The Morgan fingerprint density at radius 1 is 1.19 bits per heavy atom. The number of carbonyl (C=O) groups excluding carboxylic acids is 2. The smallest absolute Gasteiger partial charge is 0.341 e. The average Bonchev–Trinajstić information content (AvgIpc) is 3.20. The maximum Gasteiger partial charge on any atom is 0.341 e. The van der Waals surface area contributed by atoms with Crippen molar-refractivity contribution in [3.05, 3.63) is 58.7 Å². The number of carboxylic acids is 1. The van der Waals surface area contributed by atoms with Crippen molar-refractivity contribution < 1.29 is 19.5 Å². The highest BCUT2D eigenvalue weighted by molar-refractivity contribution is 6.36. The van der Waals surface area contributed by atoms with E-state index in [1.54, 1.807) is 6.07 Å². The third kappa shape index (κ3) is 5.29. The summed E-state index contributed by atoms with van der Waals surface area (Å²) in [6, 6.07) is 9.90. The number of aromatic carboxylic acids is 1. The molecule has 0 saturated heterocycles. The molecule has 2 aromatic carbocycles. The Kier molecular flexibility index (Phi) is 7.04. The van der Waals surface area contributed by atoms with Crippen LogP contribution in [0.5, 0.6) is 0 Å². The van der Waals surface area contributed by atoms with Gasteiger partial charge in [0, 0.05) is 23.7 Å². The number of hydrogen-bond donors (Lipinski definition) is 4. The molecule has 3 aromatic rings. The zero-order chi connectivity index (χ0) is 22.4. The number of carbonyl (C=O) groups is 3. The van der Waals surface area contributed by atoms with Gasteiger partial charge < -0.3 is 10.1 Å². The normalized spacial score (nSPS) is 11.0. The quantitative estimate of drug-likeness (QED) is 0.318. The minimum Gasteiger partial charge on any atom is -0.478 e. The lowest BCUT2D eigenvalue weighted by Gasteiger charge is -2.11. The fourth-order valence-corrected chi connectivity index (χ4v) is 3.36. The van der Waals surface area contributed by atoms with E-state index < -0.39 is 17.9 Å². The fraction of sp³-hybridized carbons (Fsp3) is 0.182. The molecule has 0 aliphatic heterocycles. The Bertz CT molecular complexity index is 1170. The molecule has 0 aliphatic rings. The number of H-pyrrole nitrogens is 1. The number of carboxylic acid groups (broad SMARTS) is 1. The van der Waals surface area contributed by atoms with Crippen LogP contribution in [0, 0.1) is 0 Å². The molecule has 4 N–H and O–H groups in total. The average molecular weight is 441 g/mol. The van der Waals surface area contributed by atoms with Gasteiger partial charge in [-0.25, -0.2) is 15.0 Å². The highest BCUT2D eigenvalue weighted by atomic mass is 35.5. The highest BCUT2D eigenvalue weighted by Crippen LogP contribution is 2.32. The fourth-order valence-electron chi connectivity index (χ4n) is 3.07. The molecule has 8 nitrogen and oxygen atoms in total. The van der Waals surface area contributed by atoms with Gasteiger partial charge in [-0.15, -0.1) is 0 Å². The number of hydrogen-bond acceptors (Lipinski definition) is 4. The van der Waals surface area contributed by atoms with Gasteiger partial charge in [-0.05, 0) is 47.2 Å². The maximum atomic E-state index is 11.9. The molecule has 0 spiro atoms. The molecule has 31 heavy (non-hydrogen) atoms. The van der Waals surface area contributed by atoms with Gasteiger partial charge in [0.15, 0.2) is 0 Å². The molecule has 160 valence electrons. The summed E-state index contributed by atoms with van der Waals surface area (Å²) in [5, 5.41) is 16.4. The predicted octanol–water partition coefficient (Wildman–Crippen LogP) is 4.54. The van der Waals surface area contributed by atoms with Crippen LogP contribution in [0.15, 0.2) is 47.7 Å². The molecule has 1 aromatic heterocycles. The number of unbranched alkanes of at least 4 members (excludes halogenated alkanes) is 1. The van der Waals surface area contributed by atoms with Crippen LogP contribution < -0.4 is 10.7 Å². The van der Waals surface area contributed by atoms with E-state index in [2.05, 4.69) is 20.8 Å². The van der Waals surface area contributed by atoms with Crippen LogP contribution in [0.3, 0.4) is 0 Å². The molecule has 9 heteroatoms. The van der Waals surface area contributed by atoms with Crippen molar-refractivity contribution in [2.75, 3.05) is 0 Å². The number of imide groups is 1. The van der Waals surface area contributed by atoms with Gasteiger partial charge in [-0.1, -0.05) is 37.1 Å². The van der Waals surface area contributed by atoms with Gasteiger partial charge in [0.2, 0.25) is 5.91 Å². The number of hydrazone groups is 1. The number of benzene rings is 2. The van der Waals surface area contributed by atoms with Crippen LogP contribution in [0.2, 0.25) is 5.02 Å². The first-order valence-corrected chi connectivity index (χ1v) is 10.0. The second-order valence-electron chi connectivity index (χ2n) is 6.82. The summed E-state index contributed by atoms with van der Waals surface area (Å²) in [5.74, 6) is -1.58. The topological polar surface area (TPSA) is 124 Å². The van der Waals surface area contributed by atoms with Gasteiger partial charge in [0.05, 0.1) is 16.8 Å². The van der Waals surface area contributed by atoms with Crippen LogP contribution >= 0.6 is 11.6 Å². The first-order valence-electron chi connectivity index (χ1n) is 9.67. The minimum atomic E-state index is -1.18. The maximum absolute atomic E-state index is 11.9. The molecule has 0 aliphatic carbocycles. The Balaban J connectivity index is 1.89. The van der Waals surface area contributed by atoms with Crippen molar-refractivity contribution in [3.63, 3.8) is 0 Å². The summed E-state index contributed by atoms with van der Waals surface area (Å²) in [6.45, 7) is 1.94. The van der Waals surface area contributed by atoms with Crippen LogP contribution in [-0.4, -0.2) is 34.2 Å². The first kappa shape index (κ1) is 22.0. The zero-order valence-electron chi connectivity index (χ0n) is 16.7. The molecule has 0 bridgehead atoms. The van der Waals surface area contributed by atoms with Crippen molar-refractivity contribution in [3.8, 4) is 11.1 Å². The Morgan fingerprint density at radius 3 is 2.74 bits per heavy atom. The monoisotopic (exact) mass is 440 g/mol. The minimum absolute atomic E-state index is 0.0101. The summed E-state index contributed by atoms with van der Waals surface area (Å²) < 4.78 is 0. The van der Waals surface area contributed by atoms with Gasteiger partial charge in [0.1, 0.15) is 0 Å². The molecule has 0 radical (unpaired) electrons. The van der Waals surface area contributed by atoms with E-state index in [1.165, 1.54) is 12.3 Å². The Hall–Kier alpha value is -3.65. The number of halogens is 1. The van der Waals surface area contributed by atoms with Gasteiger partial charge in [-0.2, -0.15) is 5.10 Å². The van der Waals surface area contributed by atoms with Crippen molar-refractivity contribution in [2.24, 2.45) is 5.10 Å². The van der Waals surface area contributed by atoms with E-state index >= 15 is 0 Å². The van der Waals surface area contributed by atoms with E-state index in [1.807, 2.05) is 37.4 Å². The third-order valence-corrected chi connectivity index (χ3v) is 5.05. The molecular formula is C22H21ClN4O4. The lowest BCUT2D eigenvalue weighted by molar-refractivity contribution is -0.120. The summed E-state index contributed by atoms with van der Waals surface area (Å²) >= 11 is 6.35. The molecule has 3 amide bonds. The standard InChI is InChI=1S/C22H21ClN4O4/c1-2-3-4-19(28)26-22(31)27-25-12-17-15(6-7-16(20(17)23)21(29)30)13-5-8-18-14(11-13)9-10-24-18/h5-12,24H,2-4H2,1H3,(H,29,30)(H2,26,27,28,31). The predicted molar refractivity (Wildman–Crippen MR) is 119 cm³/mol. The van der Waals surface area contributed by atoms with E-state index in [0.29, 0.717) is 17.5 Å². The molecule has 0 fully saturated rings. The van der Waals surface area contributed by atoms with Crippen LogP contribution in [0.25, 0.3) is 22.0 Å². The summed E-state index contributed by atoms with van der Waals surface area (Å²) in [5.41, 5.74) is 4.84. The number of nitrogens with zero attached hydrogens (tertiary/aromatic N) is 1. The second kappa shape index (κ2) is 9.90. The number of nitrogens with one attached hydrogen (secondary N) is 3. The lowest BCUT2D eigenvalue weighted by atomic mass is 9.97. The van der Waals surface area contributed by atoms with Crippen molar-refractivity contribution in [2.45, 2.75) is 26.2 Å². The summed E-state index contributed by atoms with van der Waals surface area (Å²) in [4.78, 5) is 38.1. The number of aromatic amines is 1. The summed E-state index contributed by atoms with van der Waals surface area (Å²) in [6.07, 6.45) is 4.84. The number of urea groups is 1. The van der Waals surface area contributed by atoms with E-state index in [4.69, 9.17) is 11.6 Å². The van der Waals surface area contributed by atoms with Crippen LogP contribution in [-0.2, 0) is 4.79 Å². The first-order chi connectivity index (χ1) is 14.9. The van der Waals surface area contributed by atoms with E-state index in [-0.39, 0.29) is 17.0 Å². The molecular weight excluding hydrogens is 420 g/mol. The molecule has 0 unspecified atom stereocenters. The van der Waals surface area contributed by atoms with Gasteiger partial charge in [-0.3, -0.25) is 10.1 Å². The lowest BCUT2D eigenvalue weighted by Crippen LogP contribution is -2.36.